The number of carbonyl (C=O) groups excluding carboxylic acids is 1. The lowest BCUT2D eigenvalue weighted by molar-refractivity contribution is 0.0962. The number of nitrogens with zero attached hydrogens (tertiary/aromatic N) is 5. The average Bonchev–Trinajstić information content (AvgIpc) is 3.21. The number of nitrogens with one attached hydrogen (secondary N) is 1. The van der Waals surface area contributed by atoms with Crippen molar-refractivity contribution in [3.8, 4) is 22.5 Å². The molecule has 2 aromatic heterocycles. The number of anilines is 2. The van der Waals surface area contributed by atoms with Crippen LogP contribution < -0.4 is 20.7 Å². The van der Waals surface area contributed by atoms with Crippen molar-refractivity contribution in [2.75, 3.05) is 30.8 Å². The van der Waals surface area contributed by atoms with E-state index in [4.69, 9.17) is 10.5 Å². The third kappa shape index (κ3) is 4.30. The number of thiazole rings is 1. The van der Waals surface area contributed by atoms with Crippen molar-refractivity contribution in [2.45, 2.75) is 19.3 Å². The van der Waals surface area contributed by atoms with E-state index in [2.05, 4.69) is 30.2 Å². The Morgan fingerprint density at radius 1 is 1.23 bits per heavy atom. The van der Waals surface area contributed by atoms with Crippen LogP contribution in [0.1, 0.15) is 29.6 Å². The van der Waals surface area contributed by atoms with Crippen LogP contribution in [0, 0.1) is 5.82 Å². The van der Waals surface area contributed by atoms with E-state index in [-0.39, 0.29) is 17.3 Å². The Bertz CT molecular complexity index is 1070. The van der Waals surface area contributed by atoms with Gasteiger partial charge in [0.25, 0.3) is 5.91 Å². The summed E-state index contributed by atoms with van der Waals surface area (Å²) in [5.41, 5.74) is 5.93. The molecule has 4 rings (SSSR count). The molecule has 1 aliphatic rings. The molecule has 3 N–H and O–H groups in total. The van der Waals surface area contributed by atoms with Crippen LogP contribution in [0.4, 0.5) is 15.5 Å². The normalized spacial score (nSPS) is 13.9. The summed E-state index contributed by atoms with van der Waals surface area (Å²) in [4.78, 5) is 31.7. The first-order valence-electron chi connectivity index (χ1n) is 9.45. The Morgan fingerprint density at radius 2 is 2.03 bits per heavy atom. The lowest BCUT2D eigenvalue weighted by Gasteiger charge is -2.26. The topological polar surface area (TPSA) is 119 Å². The molecule has 1 aliphatic heterocycles. The number of hydrogen-bond donors (Lipinski definition) is 2. The zero-order chi connectivity index (χ0) is 21.1. The highest BCUT2D eigenvalue weighted by Crippen LogP contribution is 2.30. The molecule has 0 atom stereocenters. The number of amides is 1. The smallest absolute Gasteiger partial charge is 0.327 e. The molecule has 0 spiro atoms. The van der Waals surface area contributed by atoms with E-state index in [1.807, 2.05) is 0 Å². The molecule has 0 aliphatic carbocycles. The summed E-state index contributed by atoms with van der Waals surface area (Å²) >= 11 is 1.24. The summed E-state index contributed by atoms with van der Waals surface area (Å²) in [6.45, 7) is 1.64. The van der Waals surface area contributed by atoms with Gasteiger partial charge in [-0.15, -0.1) is 0 Å². The molecule has 1 amide bonds. The fraction of sp³-hybridized carbons (Fsp3) is 0.316. The van der Waals surface area contributed by atoms with Crippen LogP contribution in [-0.4, -0.2) is 46.0 Å². The SMILES string of the molecule is CNC(=O)c1ccc(Oc2nc(-c3cnc(N)s3)nc(N3CCCCC3)n2)c(F)c1. The summed E-state index contributed by atoms with van der Waals surface area (Å²) < 4.78 is 20.1. The van der Waals surface area contributed by atoms with Gasteiger partial charge in [0, 0.05) is 25.7 Å². The van der Waals surface area contributed by atoms with E-state index in [0.717, 1.165) is 38.4 Å². The van der Waals surface area contributed by atoms with E-state index in [9.17, 15) is 9.18 Å². The molecule has 0 bridgehead atoms. The van der Waals surface area contributed by atoms with E-state index >= 15 is 0 Å². The quantitative estimate of drug-likeness (QED) is 0.635. The number of piperidine rings is 1. The second-order valence-electron chi connectivity index (χ2n) is 6.68. The first-order valence-corrected chi connectivity index (χ1v) is 10.3. The van der Waals surface area contributed by atoms with E-state index in [1.165, 1.54) is 30.5 Å². The summed E-state index contributed by atoms with van der Waals surface area (Å²) in [5, 5.41) is 2.84. The summed E-state index contributed by atoms with van der Waals surface area (Å²) in [6.07, 6.45) is 4.82. The van der Waals surface area contributed by atoms with Crippen molar-refractivity contribution >= 4 is 28.3 Å². The van der Waals surface area contributed by atoms with E-state index in [1.54, 1.807) is 6.20 Å². The second kappa shape index (κ2) is 8.57. The van der Waals surface area contributed by atoms with Crippen molar-refractivity contribution in [1.82, 2.24) is 25.3 Å². The number of carbonyl (C=O) groups is 1. The maximum absolute atomic E-state index is 14.5. The van der Waals surface area contributed by atoms with Gasteiger partial charge in [-0.1, -0.05) is 11.3 Å². The molecule has 0 saturated carbocycles. The number of hydrogen-bond acceptors (Lipinski definition) is 9. The molecule has 156 valence electrons. The number of halogens is 1. The van der Waals surface area contributed by atoms with Crippen molar-refractivity contribution in [3.63, 3.8) is 0 Å². The van der Waals surface area contributed by atoms with Gasteiger partial charge in [-0.2, -0.15) is 15.0 Å². The molecule has 1 aromatic carbocycles. The van der Waals surface area contributed by atoms with Gasteiger partial charge < -0.3 is 20.7 Å². The summed E-state index contributed by atoms with van der Waals surface area (Å²) in [7, 11) is 1.48. The first kappa shape index (κ1) is 20.0. The van der Waals surface area contributed by atoms with Crippen molar-refractivity contribution in [3.05, 3.63) is 35.8 Å². The van der Waals surface area contributed by atoms with Crippen LogP contribution in [0.15, 0.2) is 24.4 Å². The molecular weight excluding hydrogens is 409 g/mol. The molecule has 11 heteroatoms. The Balaban J connectivity index is 1.69. The largest absolute Gasteiger partial charge is 0.421 e. The van der Waals surface area contributed by atoms with Crippen LogP contribution in [0.3, 0.4) is 0 Å². The zero-order valence-corrected chi connectivity index (χ0v) is 17.1. The van der Waals surface area contributed by atoms with Gasteiger partial charge in [0.15, 0.2) is 22.5 Å². The van der Waals surface area contributed by atoms with Crippen LogP contribution in [0.5, 0.6) is 11.8 Å². The Morgan fingerprint density at radius 3 is 2.70 bits per heavy atom. The van der Waals surface area contributed by atoms with E-state index in [0.29, 0.717) is 21.8 Å². The van der Waals surface area contributed by atoms with E-state index < -0.39 is 11.7 Å². The molecule has 3 heterocycles. The van der Waals surface area contributed by atoms with Crippen LogP contribution in [0.2, 0.25) is 0 Å². The van der Waals surface area contributed by atoms with Gasteiger partial charge in [-0.3, -0.25) is 4.79 Å². The van der Waals surface area contributed by atoms with Crippen LogP contribution >= 0.6 is 11.3 Å². The van der Waals surface area contributed by atoms with Crippen LogP contribution in [-0.2, 0) is 0 Å². The average molecular weight is 429 g/mol. The van der Waals surface area contributed by atoms with Crippen molar-refractivity contribution in [2.24, 2.45) is 0 Å². The third-order valence-corrected chi connectivity index (χ3v) is 5.43. The van der Waals surface area contributed by atoms with Gasteiger partial charge in [0.1, 0.15) is 0 Å². The maximum Gasteiger partial charge on any atom is 0.327 e. The number of nitrogen functional groups attached to an aromatic ring is 1. The molecule has 0 radical (unpaired) electrons. The Labute approximate surface area is 176 Å². The summed E-state index contributed by atoms with van der Waals surface area (Å²) in [5.74, 6) is -0.355. The number of aromatic nitrogens is 4. The van der Waals surface area contributed by atoms with Crippen LogP contribution in [0.25, 0.3) is 10.7 Å². The number of benzene rings is 1. The minimum absolute atomic E-state index is 0.0425. The van der Waals surface area contributed by atoms with Gasteiger partial charge in [0.05, 0.1) is 11.1 Å². The van der Waals surface area contributed by atoms with Gasteiger partial charge in [-0.25, -0.2) is 9.37 Å². The molecule has 1 saturated heterocycles. The molecule has 1 fully saturated rings. The zero-order valence-electron chi connectivity index (χ0n) is 16.3. The maximum atomic E-state index is 14.5. The fourth-order valence-corrected chi connectivity index (χ4v) is 3.71. The number of ether oxygens (including phenoxy) is 1. The highest BCUT2D eigenvalue weighted by atomic mass is 32.1. The lowest BCUT2D eigenvalue weighted by Crippen LogP contribution is -2.31. The molecule has 9 nitrogen and oxygen atoms in total. The predicted molar refractivity (Wildman–Crippen MR) is 111 cm³/mol. The van der Waals surface area contributed by atoms with Crippen molar-refractivity contribution in [1.29, 1.82) is 0 Å². The molecular formula is C19H20FN7O2S. The fourth-order valence-electron chi connectivity index (χ4n) is 3.10. The second-order valence-corrected chi connectivity index (χ2v) is 7.74. The van der Waals surface area contributed by atoms with Gasteiger partial charge >= 0.3 is 6.01 Å². The Hall–Kier alpha value is -3.34. The third-order valence-electron chi connectivity index (χ3n) is 4.61. The molecule has 0 unspecified atom stereocenters. The molecule has 3 aromatic rings. The monoisotopic (exact) mass is 429 g/mol. The predicted octanol–water partition coefficient (Wildman–Crippen LogP) is 2.86. The minimum Gasteiger partial charge on any atom is -0.421 e. The molecule has 30 heavy (non-hydrogen) atoms. The van der Waals surface area contributed by atoms with Gasteiger partial charge in [0.2, 0.25) is 5.95 Å². The standard InChI is InChI=1S/C19H20FN7O2S/c1-22-16(28)11-5-6-13(12(20)9-11)29-19-25-15(14-10-23-17(21)30-14)24-18(26-19)27-7-3-2-4-8-27/h5-6,9-10H,2-4,7-8H2,1H3,(H2,21,23)(H,22,28). The number of nitrogens with two attached hydrogens (primary N) is 1. The van der Waals surface area contributed by atoms with Gasteiger partial charge in [-0.05, 0) is 37.5 Å². The summed E-state index contributed by atoms with van der Waals surface area (Å²) in [6, 6.07) is 3.90. The lowest BCUT2D eigenvalue weighted by atomic mass is 10.1. The number of rotatable bonds is 5. The van der Waals surface area contributed by atoms with Crippen molar-refractivity contribution < 1.29 is 13.9 Å². The Kier molecular flexibility index (Phi) is 5.70. The minimum atomic E-state index is -0.695. The highest BCUT2D eigenvalue weighted by Gasteiger charge is 2.20. The highest BCUT2D eigenvalue weighted by molar-refractivity contribution is 7.18. The first-order chi connectivity index (χ1) is 14.5.